The van der Waals surface area contributed by atoms with Gasteiger partial charge < -0.3 is 19.3 Å². The number of likely N-dealkylation sites (tertiary alicyclic amines) is 2. The van der Waals surface area contributed by atoms with E-state index in [-0.39, 0.29) is 11.9 Å². The number of rotatable bonds is 3. The first kappa shape index (κ1) is 18.5. The van der Waals surface area contributed by atoms with E-state index in [1.165, 1.54) is 11.1 Å². The summed E-state index contributed by atoms with van der Waals surface area (Å²) in [4.78, 5) is 18.3. The van der Waals surface area contributed by atoms with Gasteiger partial charge in [-0.3, -0.25) is 4.79 Å². The van der Waals surface area contributed by atoms with Gasteiger partial charge in [0.25, 0.3) is 5.91 Å². The van der Waals surface area contributed by atoms with Crippen molar-refractivity contribution in [2.75, 3.05) is 39.4 Å². The number of hydrogen-bond acceptors (Lipinski definition) is 4. The lowest BCUT2D eigenvalue weighted by Crippen LogP contribution is -2.36. The normalized spacial score (nSPS) is 25.9. The molecule has 0 N–H and O–H groups in total. The first-order valence-corrected chi connectivity index (χ1v) is 10.6. The molecule has 5 heteroatoms. The van der Waals surface area contributed by atoms with Crippen LogP contribution in [0.2, 0.25) is 0 Å². The molecular weight excluding hydrogens is 364 g/mol. The minimum Gasteiger partial charge on any atom is -0.486 e. The minimum absolute atomic E-state index is 0.0904. The van der Waals surface area contributed by atoms with Gasteiger partial charge in [0.2, 0.25) is 0 Å². The summed E-state index contributed by atoms with van der Waals surface area (Å²) in [7, 11) is 0. The van der Waals surface area contributed by atoms with Gasteiger partial charge in [-0.05, 0) is 48.7 Å². The van der Waals surface area contributed by atoms with Gasteiger partial charge in [0.1, 0.15) is 13.2 Å². The molecule has 2 saturated heterocycles. The predicted octanol–water partition coefficient (Wildman–Crippen LogP) is 3.53. The molecule has 3 aliphatic rings. The van der Waals surface area contributed by atoms with E-state index in [9.17, 15) is 4.79 Å². The third-order valence-electron chi connectivity index (χ3n) is 6.74. The summed E-state index contributed by atoms with van der Waals surface area (Å²) in [6.07, 6.45) is 0. The van der Waals surface area contributed by atoms with Crippen molar-refractivity contribution in [1.29, 1.82) is 0 Å². The predicted molar refractivity (Wildman–Crippen MR) is 111 cm³/mol. The van der Waals surface area contributed by atoms with Gasteiger partial charge in [0, 0.05) is 31.1 Å². The SMILES string of the molecule is CCN1C[C@H]2CN(C(=O)c3ccc4c(c3)OCCO4)[C@H](c3ccccc3C)[C@H]2C1. The van der Waals surface area contributed by atoms with Crippen molar-refractivity contribution in [2.24, 2.45) is 11.8 Å². The molecule has 152 valence electrons. The Bertz CT molecular complexity index is 928. The summed E-state index contributed by atoms with van der Waals surface area (Å²) in [5.74, 6) is 2.50. The molecule has 0 saturated carbocycles. The van der Waals surface area contributed by atoms with Crippen LogP contribution in [0.25, 0.3) is 0 Å². The highest BCUT2D eigenvalue weighted by molar-refractivity contribution is 5.95. The largest absolute Gasteiger partial charge is 0.486 e. The van der Waals surface area contributed by atoms with E-state index in [0.29, 0.717) is 36.4 Å². The highest BCUT2D eigenvalue weighted by atomic mass is 16.6. The number of amides is 1. The lowest BCUT2D eigenvalue weighted by molar-refractivity contribution is 0.0700. The number of carbonyl (C=O) groups is 1. The van der Waals surface area contributed by atoms with Crippen LogP contribution in [0.4, 0.5) is 0 Å². The molecule has 0 unspecified atom stereocenters. The van der Waals surface area contributed by atoms with Crippen molar-refractivity contribution >= 4 is 5.91 Å². The molecule has 2 aromatic carbocycles. The van der Waals surface area contributed by atoms with E-state index in [2.05, 4.69) is 47.9 Å². The minimum atomic E-state index is 0.0904. The second-order valence-electron chi connectivity index (χ2n) is 8.39. The van der Waals surface area contributed by atoms with Gasteiger partial charge in [-0.2, -0.15) is 0 Å². The summed E-state index contributed by atoms with van der Waals surface area (Å²) < 4.78 is 11.3. The Morgan fingerprint density at radius 2 is 1.83 bits per heavy atom. The fourth-order valence-electron chi connectivity index (χ4n) is 5.26. The number of benzene rings is 2. The Labute approximate surface area is 172 Å². The van der Waals surface area contributed by atoms with E-state index in [4.69, 9.17) is 9.47 Å². The van der Waals surface area contributed by atoms with E-state index >= 15 is 0 Å². The molecule has 0 bridgehead atoms. The molecule has 3 aliphatic heterocycles. The van der Waals surface area contributed by atoms with Crippen molar-refractivity contribution < 1.29 is 14.3 Å². The molecule has 1 amide bonds. The summed E-state index contributed by atoms with van der Waals surface area (Å²) in [5, 5.41) is 0. The number of fused-ring (bicyclic) bond motifs is 2. The Morgan fingerprint density at radius 1 is 1.03 bits per heavy atom. The highest BCUT2D eigenvalue weighted by Crippen LogP contribution is 2.46. The molecule has 5 nitrogen and oxygen atoms in total. The average Bonchev–Trinajstić information content (AvgIpc) is 3.31. The second kappa shape index (κ2) is 7.38. The van der Waals surface area contributed by atoms with Gasteiger partial charge in [-0.15, -0.1) is 0 Å². The monoisotopic (exact) mass is 392 g/mol. The molecule has 2 fully saturated rings. The van der Waals surface area contributed by atoms with E-state index in [0.717, 1.165) is 31.9 Å². The lowest BCUT2D eigenvalue weighted by atomic mass is 9.87. The Balaban J connectivity index is 1.49. The van der Waals surface area contributed by atoms with Crippen molar-refractivity contribution in [3.8, 4) is 11.5 Å². The molecule has 0 radical (unpaired) electrons. The standard InChI is InChI=1S/C24H28N2O3/c1-3-25-13-18-14-26(23(20(18)15-25)19-7-5-4-6-16(19)2)24(27)17-8-9-21-22(12-17)29-11-10-28-21/h4-9,12,18,20,23H,3,10-11,13-15H2,1-2H3/t18-,20-,23+/m0/s1. The third kappa shape index (κ3) is 3.18. The molecule has 0 aliphatic carbocycles. The van der Waals surface area contributed by atoms with Crippen molar-refractivity contribution in [2.45, 2.75) is 19.9 Å². The summed E-state index contributed by atoms with van der Waals surface area (Å²) in [6.45, 7) is 9.48. The molecular formula is C24H28N2O3. The Morgan fingerprint density at radius 3 is 2.62 bits per heavy atom. The zero-order valence-corrected chi connectivity index (χ0v) is 17.1. The molecule has 0 aromatic heterocycles. The summed E-state index contributed by atoms with van der Waals surface area (Å²) in [6, 6.07) is 14.2. The fraction of sp³-hybridized carbons (Fsp3) is 0.458. The first-order valence-electron chi connectivity index (χ1n) is 10.6. The topological polar surface area (TPSA) is 42.0 Å². The van der Waals surface area contributed by atoms with Crippen LogP contribution < -0.4 is 9.47 Å². The van der Waals surface area contributed by atoms with Crippen LogP contribution in [0, 0.1) is 18.8 Å². The maximum atomic E-state index is 13.6. The molecule has 2 aromatic rings. The van der Waals surface area contributed by atoms with Gasteiger partial charge >= 0.3 is 0 Å². The van der Waals surface area contributed by atoms with Gasteiger partial charge in [0.05, 0.1) is 6.04 Å². The number of ether oxygens (including phenoxy) is 2. The number of nitrogens with zero attached hydrogens (tertiary/aromatic N) is 2. The highest BCUT2D eigenvalue weighted by Gasteiger charge is 2.49. The van der Waals surface area contributed by atoms with E-state index in [1.807, 2.05) is 18.2 Å². The molecule has 3 heterocycles. The smallest absolute Gasteiger partial charge is 0.254 e. The molecule has 0 spiro atoms. The molecule has 5 rings (SSSR count). The number of carbonyl (C=O) groups excluding carboxylic acids is 1. The second-order valence-corrected chi connectivity index (χ2v) is 8.39. The van der Waals surface area contributed by atoms with Gasteiger partial charge in [0.15, 0.2) is 11.5 Å². The zero-order chi connectivity index (χ0) is 20.0. The van der Waals surface area contributed by atoms with Crippen LogP contribution in [0.3, 0.4) is 0 Å². The van der Waals surface area contributed by atoms with Crippen LogP contribution in [0.15, 0.2) is 42.5 Å². The first-order chi connectivity index (χ1) is 14.2. The summed E-state index contributed by atoms with van der Waals surface area (Å²) in [5.41, 5.74) is 3.22. The van der Waals surface area contributed by atoms with Crippen LogP contribution in [-0.2, 0) is 0 Å². The quantitative estimate of drug-likeness (QED) is 0.801. The lowest BCUT2D eigenvalue weighted by Gasteiger charge is -2.31. The summed E-state index contributed by atoms with van der Waals surface area (Å²) >= 11 is 0. The zero-order valence-electron chi connectivity index (χ0n) is 17.1. The van der Waals surface area contributed by atoms with Crippen LogP contribution in [-0.4, -0.2) is 55.1 Å². The van der Waals surface area contributed by atoms with Crippen LogP contribution >= 0.6 is 0 Å². The number of aryl methyl sites for hydroxylation is 1. The molecule has 29 heavy (non-hydrogen) atoms. The number of hydrogen-bond donors (Lipinski definition) is 0. The average molecular weight is 392 g/mol. The van der Waals surface area contributed by atoms with E-state index in [1.54, 1.807) is 0 Å². The van der Waals surface area contributed by atoms with Crippen molar-refractivity contribution in [1.82, 2.24) is 9.80 Å². The van der Waals surface area contributed by atoms with Crippen molar-refractivity contribution in [3.63, 3.8) is 0 Å². The Hall–Kier alpha value is -2.53. The molecule has 3 atom stereocenters. The maximum absolute atomic E-state index is 13.6. The van der Waals surface area contributed by atoms with Gasteiger partial charge in [-0.25, -0.2) is 0 Å². The fourth-order valence-corrected chi connectivity index (χ4v) is 5.26. The van der Waals surface area contributed by atoms with Gasteiger partial charge in [-0.1, -0.05) is 31.2 Å². The van der Waals surface area contributed by atoms with Crippen LogP contribution in [0.5, 0.6) is 11.5 Å². The van der Waals surface area contributed by atoms with Crippen LogP contribution in [0.1, 0.15) is 34.5 Å². The third-order valence-corrected chi connectivity index (χ3v) is 6.74. The van der Waals surface area contributed by atoms with Crippen molar-refractivity contribution in [3.05, 3.63) is 59.2 Å². The van der Waals surface area contributed by atoms with E-state index < -0.39 is 0 Å². The maximum Gasteiger partial charge on any atom is 0.254 e. The Kier molecular flexibility index (Phi) is 4.70.